The number of carbonyl (C=O) groups excluding carboxylic acids is 2. The minimum atomic E-state index is -0.333. The van der Waals surface area contributed by atoms with Gasteiger partial charge in [0.1, 0.15) is 12.2 Å². The molecule has 1 N–H and O–H groups in total. The largest absolute Gasteiger partial charge is 0.497 e. The fourth-order valence-electron chi connectivity index (χ4n) is 2.10. The van der Waals surface area contributed by atoms with Gasteiger partial charge in [0.15, 0.2) is 0 Å². The van der Waals surface area contributed by atoms with E-state index in [-0.39, 0.29) is 18.2 Å². The third kappa shape index (κ3) is 5.14. The van der Waals surface area contributed by atoms with Crippen LogP contribution in [-0.4, -0.2) is 30.9 Å². The van der Waals surface area contributed by atoms with Crippen molar-refractivity contribution in [3.05, 3.63) is 60.2 Å². The van der Waals surface area contributed by atoms with Gasteiger partial charge in [-0.1, -0.05) is 30.3 Å². The van der Waals surface area contributed by atoms with E-state index in [1.807, 2.05) is 30.3 Å². The molecule has 0 aliphatic rings. The van der Waals surface area contributed by atoms with Gasteiger partial charge in [-0.15, -0.1) is 0 Å². The highest BCUT2D eigenvalue weighted by atomic mass is 16.5. The van der Waals surface area contributed by atoms with Crippen LogP contribution in [0.15, 0.2) is 54.6 Å². The van der Waals surface area contributed by atoms with Crippen molar-refractivity contribution in [1.29, 1.82) is 0 Å². The summed E-state index contributed by atoms with van der Waals surface area (Å²) in [5.74, 6) is 0.154. The van der Waals surface area contributed by atoms with E-state index in [4.69, 9.17) is 4.74 Å². The number of methoxy groups -OCH3 is 1. The number of carbonyl (C=O) groups is 2. The smallest absolute Gasteiger partial charge is 0.233 e. The average Bonchev–Trinajstić information content (AvgIpc) is 2.56. The Hall–Kier alpha value is -2.82. The lowest BCUT2D eigenvalue weighted by molar-refractivity contribution is -0.133. The van der Waals surface area contributed by atoms with Crippen LogP contribution in [0, 0.1) is 0 Å². The van der Waals surface area contributed by atoms with Crippen molar-refractivity contribution in [1.82, 2.24) is 4.90 Å². The van der Waals surface area contributed by atoms with Crippen LogP contribution in [0.2, 0.25) is 0 Å². The molecule has 0 unspecified atom stereocenters. The van der Waals surface area contributed by atoms with Crippen LogP contribution in [0.25, 0.3) is 0 Å². The summed E-state index contributed by atoms with van der Waals surface area (Å²) in [6.07, 6.45) is -0.185. The Bertz CT molecular complexity index is 654. The van der Waals surface area contributed by atoms with Crippen LogP contribution in [-0.2, 0) is 16.1 Å². The molecule has 0 saturated heterocycles. The summed E-state index contributed by atoms with van der Waals surface area (Å²) in [7, 11) is 3.27. The monoisotopic (exact) mass is 312 g/mol. The van der Waals surface area contributed by atoms with Crippen molar-refractivity contribution < 1.29 is 14.3 Å². The number of hydrogen-bond donors (Lipinski definition) is 1. The molecule has 0 aromatic heterocycles. The van der Waals surface area contributed by atoms with E-state index < -0.39 is 0 Å². The molecule has 120 valence electrons. The SMILES string of the molecule is COc1ccc(NC(=O)CC(=O)N(C)Cc2ccccc2)cc1. The lowest BCUT2D eigenvalue weighted by Crippen LogP contribution is -2.30. The Morgan fingerprint density at radius 3 is 2.30 bits per heavy atom. The number of benzene rings is 2. The van der Waals surface area contributed by atoms with Crippen molar-refractivity contribution in [3.63, 3.8) is 0 Å². The molecule has 2 aromatic carbocycles. The molecule has 23 heavy (non-hydrogen) atoms. The molecule has 0 bridgehead atoms. The third-order valence-corrected chi connectivity index (χ3v) is 3.37. The summed E-state index contributed by atoms with van der Waals surface area (Å²) in [6.45, 7) is 0.482. The quantitative estimate of drug-likeness (QED) is 0.834. The standard InChI is InChI=1S/C18H20N2O3/c1-20(13-14-6-4-3-5-7-14)18(22)12-17(21)19-15-8-10-16(23-2)11-9-15/h3-11H,12-13H2,1-2H3,(H,19,21). The summed E-state index contributed by atoms with van der Waals surface area (Å²) >= 11 is 0. The van der Waals surface area contributed by atoms with Gasteiger partial charge in [0, 0.05) is 19.3 Å². The molecular formula is C18H20N2O3. The molecule has 0 aliphatic heterocycles. The maximum atomic E-state index is 12.1. The Morgan fingerprint density at radius 1 is 1.04 bits per heavy atom. The molecule has 5 nitrogen and oxygen atoms in total. The molecule has 0 fully saturated rings. The van der Waals surface area contributed by atoms with Gasteiger partial charge in [-0.25, -0.2) is 0 Å². The Balaban J connectivity index is 1.84. The Labute approximate surface area is 135 Å². The number of nitrogens with zero attached hydrogens (tertiary/aromatic N) is 1. The van der Waals surface area contributed by atoms with E-state index in [9.17, 15) is 9.59 Å². The highest BCUT2D eigenvalue weighted by Gasteiger charge is 2.14. The van der Waals surface area contributed by atoms with Crippen molar-refractivity contribution in [2.75, 3.05) is 19.5 Å². The summed E-state index contributed by atoms with van der Waals surface area (Å²) in [6, 6.07) is 16.6. The van der Waals surface area contributed by atoms with Gasteiger partial charge in [-0.3, -0.25) is 9.59 Å². The van der Waals surface area contributed by atoms with E-state index >= 15 is 0 Å². The zero-order chi connectivity index (χ0) is 16.7. The summed E-state index contributed by atoms with van der Waals surface area (Å²) in [5, 5.41) is 2.70. The molecule has 5 heteroatoms. The fourth-order valence-corrected chi connectivity index (χ4v) is 2.10. The zero-order valence-corrected chi connectivity index (χ0v) is 13.3. The van der Waals surface area contributed by atoms with E-state index in [1.165, 1.54) is 0 Å². The van der Waals surface area contributed by atoms with Gasteiger partial charge in [0.25, 0.3) is 0 Å². The van der Waals surface area contributed by atoms with E-state index in [2.05, 4.69) is 5.32 Å². The molecule has 0 radical (unpaired) electrons. The van der Waals surface area contributed by atoms with Gasteiger partial charge in [0.05, 0.1) is 7.11 Å². The second kappa shape index (κ2) is 7.98. The second-order valence-corrected chi connectivity index (χ2v) is 5.19. The molecule has 0 aliphatic carbocycles. The number of amides is 2. The van der Waals surface area contributed by atoms with Gasteiger partial charge < -0.3 is 15.0 Å². The number of hydrogen-bond acceptors (Lipinski definition) is 3. The maximum absolute atomic E-state index is 12.1. The highest BCUT2D eigenvalue weighted by Crippen LogP contribution is 2.15. The van der Waals surface area contributed by atoms with Gasteiger partial charge in [0.2, 0.25) is 11.8 Å². The predicted octanol–water partition coefficient (Wildman–Crippen LogP) is 2.68. The van der Waals surface area contributed by atoms with Crippen LogP contribution in [0.5, 0.6) is 5.75 Å². The topological polar surface area (TPSA) is 58.6 Å². The van der Waals surface area contributed by atoms with Gasteiger partial charge in [-0.05, 0) is 29.8 Å². The molecule has 2 rings (SSSR count). The van der Waals surface area contributed by atoms with Crippen molar-refractivity contribution in [2.24, 2.45) is 0 Å². The maximum Gasteiger partial charge on any atom is 0.233 e. The number of nitrogens with one attached hydrogen (secondary N) is 1. The molecule has 0 atom stereocenters. The predicted molar refractivity (Wildman–Crippen MR) is 89.2 cm³/mol. The first-order chi connectivity index (χ1) is 11.1. The number of ether oxygens (including phenoxy) is 1. The summed E-state index contributed by atoms with van der Waals surface area (Å²) in [5.41, 5.74) is 1.66. The zero-order valence-electron chi connectivity index (χ0n) is 13.3. The van der Waals surface area contributed by atoms with Crippen LogP contribution >= 0.6 is 0 Å². The van der Waals surface area contributed by atoms with Gasteiger partial charge in [-0.2, -0.15) is 0 Å². The van der Waals surface area contributed by atoms with E-state index in [0.717, 1.165) is 5.56 Å². The molecule has 0 heterocycles. The van der Waals surface area contributed by atoms with Crippen molar-refractivity contribution in [2.45, 2.75) is 13.0 Å². The van der Waals surface area contributed by atoms with E-state index in [0.29, 0.717) is 18.0 Å². The minimum Gasteiger partial charge on any atom is -0.497 e. The molecule has 2 amide bonds. The van der Waals surface area contributed by atoms with Crippen LogP contribution in [0.1, 0.15) is 12.0 Å². The second-order valence-electron chi connectivity index (χ2n) is 5.19. The molecule has 0 saturated carbocycles. The summed E-state index contributed by atoms with van der Waals surface area (Å²) in [4.78, 5) is 25.6. The first-order valence-corrected chi connectivity index (χ1v) is 7.30. The van der Waals surface area contributed by atoms with Crippen molar-refractivity contribution in [3.8, 4) is 5.75 Å². The van der Waals surface area contributed by atoms with Gasteiger partial charge >= 0.3 is 0 Å². The molecular weight excluding hydrogens is 292 g/mol. The average molecular weight is 312 g/mol. The summed E-state index contributed by atoms with van der Waals surface area (Å²) < 4.78 is 5.05. The van der Waals surface area contributed by atoms with Crippen molar-refractivity contribution >= 4 is 17.5 Å². The number of rotatable bonds is 6. The minimum absolute atomic E-state index is 0.185. The fraction of sp³-hybridized carbons (Fsp3) is 0.222. The van der Waals surface area contributed by atoms with E-state index in [1.54, 1.807) is 43.3 Å². The van der Waals surface area contributed by atoms with Crippen LogP contribution in [0.3, 0.4) is 0 Å². The normalized spacial score (nSPS) is 10.0. The third-order valence-electron chi connectivity index (χ3n) is 3.37. The van der Waals surface area contributed by atoms with Crippen LogP contribution in [0.4, 0.5) is 5.69 Å². The van der Waals surface area contributed by atoms with Crippen LogP contribution < -0.4 is 10.1 Å². The lowest BCUT2D eigenvalue weighted by atomic mass is 10.2. The first kappa shape index (κ1) is 16.5. The first-order valence-electron chi connectivity index (χ1n) is 7.30. The number of anilines is 1. The Morgan fingerprint density at radius 2 is 1.70 bits per heavy atom. The molecule has 0 spiro atoms. The molecule has 2 aromatic rings. The highest BCUT2D eigenvalue weighted by molar-refractivity contribution is 6.03. The Kier molecular flexibility index (Phi) is 5.74. The lowest BCUT2D eigenvalue weighted by Gasteiger charge is -2.17.